The van der Waals surface area contributed by atoms with Crippen molar-refractivity contribution >= 4 is 39.2 Å². The predicted octanol–water partition coefficient (Wildman–Crippen LogP) is 5.34. The van der Waals surface area contributed by atoms with Crippen LogP contribution in [0.15, 0.2) is 59.2 Å². The number of nitrogens with zero attached hydrogens (tertiary/aromatic N) is 2. The number of aromatic nitrogens is 2. The highest BCUT2D eigenvalue weighted by atomic mass is 79.9. The largest absolute Gasteiger partial charge is 0.325 e. The molecule has 106 valence electrons. The normalized spacial score (nSPS) is 10.6. The lowest BCUT2D eigenvalue weighted by molar-refractivity contribution is 1.06. The van der Waals surface area contributed by atoms with Crippen LogP contribution in [-0.2, 0) is 0 Å². The van der Waals surface area contributed by atoms with E-state index in [1.807, 2.05) is 66.2 Å². The molecule has 0 saturated carbocycles. The van der Waals surface area contributed by atoms with E-state index in [0.29, 0.717) is 5.02 Å². The molecular weight excluding hydrogens is 350 g/mol. The number of para-hydroxylation sites is 1. The summed E-state index contributed by atoms with van der Waals surface area (Å²) in [6.45, 7) is 1.97. The van der Waals surface area contributed by atoms with Crippen LogP contribution in [0.25, 0.3) is 5.69 Å². The van der Waals surface area contributed by atoms with Gasteiger partial charge in [-0.15, -0.1) is 0 Å². The average molecular weight is 363 g/mol. The van der Waals surface area contributed by atoms with Crippen LogP contribution < -0.4 is 5.32 Å². The van der Waals surface area contributed by atoms with Gasteiger partial charge < -0.3 is 5.32 Å². The molecule has 0 aliphatic heterocycles. The summed E-state index contributed by atoms with van der Waals surface area (Å²) in [6.07, 6.45) is 1.99. The molecule has 1 heterocycles. The molecule has 0 amide bonds. The van der Waals surface area contributed by atoms with Gasteiger partial charge in [0, 0.05) is 21.4 Å². The monoisotopic (exact) mass is 361 g/mol. The topological polar surface area (TPSA) is 29.9 Å². The zero-order valence-corrected chi connectivity index (χ0v) is 13.7. The number of anilines is 2. The number of nitrogens with one attached hydrogen (secondary N) is 1. The van der Waals surface area contributed by atoms with Gasteiger partial charge in [0.1, 0.15) is 0 Å². The molecule has 0 saturated heterocycles. The maximum absolute atomic E-state index is 6.01. The van der Waals surface area contributed by atoms with Crippen LogP contribution in [0.1, 0.15) is 5.69 Å². The number of halogens is 2. The van der Waals surface area contributed by atoms with Crippen LogP contribution in [0.4, 0.5) is 11.6 Å². The smallest absolute Gasteiger partial charge is 0.212 e. The van der Waals surface area contributed by atoms with Crippen molar-refractivity contribution in [1.29, 1.82) is 0 Å². The summed E-state index contributed by atoms with van der Waals surface area (Å²) in [6, 6.07) is 15.7. The molecular formula is C16H13BrClN3. The Morgan fingerprint density at radius 1 is 1.14 bits per heavy atom. The Bertz CT molecular complexity index is 768. The van der Waals surface area contributed by atoms with Gasteiger partial charge in [-0.3, -0.25) is 4.57 Å². The Balaban J connectivity index is 2.03. The summed E-state index contributed by atoms with van der Waals surface area (Å²) < 4.78 is 2.92. The van der Waals surface area contributed by atoms with Gasteiger partial charge in [-0.25, -0.2) is 4.98 Å². The molecule has 3 rings (SSSR count). The van der Waals surface area contributed by atoms with Crippen LogP contribution in [0.3, 0.4) is 0 Å². The van der Waals surface area contributed by atoms with Crippen LogP contribution in [-0.4, -0.2) is 9.55 Å². The van der Waals surface area contributed by atoms with E-state index in [1.54, 1.807) is 0 Å². The van der Waals surface area contributed by atoms with Crippen molar-refractivity contribution in [3.05, 3.63) is 69.9 Å². The molecule has 0 atom stereocenters. The second-order valence-electron chi connectivity index (χ2n) is 4.66. The van der Waals surface area contributed by atoms with E-state index in [1.165, 1.54) is 0 Å². The molecule has 1 N–H and O–H groups in total. The lowest BCUT2D eigenvalue weighted by Gasteiger charge is -2.11. The van der Waals surface area contributed by atoms with E-state index in [4.69, 9.17) is 11.6 Å². The fourth-order valence-electron chi connectivity index (χ4n) is 2.10. The fourth-order valence-corrected chi connectivity index (χ4v) is 2.97. The molecule has 2 aromatic carbocycles. The van der Waals surface area contributed by atoms with E-state index in [9.17, 15) is 0 Å². The van der Waals surface area contributed by atoms with Gasteiger partial charge in [-0.2, -0.15) is 0 Å². The molecule has 0 radical (unpaired) electrons. The fraction of sp³-hybridized carbons (Fsp3) is 0.0625. The molecule has 0 bridgehead atoms. The van der Waals surface area contributed by atoms with Crippen molar-refractivity contribution < 1.29 is 0 Å². The first-order valence-electron chi connectivity index (χ1n) is 6.47. The number of hydrogen-bond donors (Lipinski definition) is 1. The summed E-state index contributed by atoms with van der Waals surface area (Å²) in [5.74, 6) is 0.765. The number of hydrogen-bond acceptors (Lipinski definition) is 2. The van der Waals surface area contributed by atoms with Gasteiger partial charge >= 0.3 is 0 Å². The summed E-state index contributed by atoms with van der Waals surface area (Å²) in [5, 5.41) is 4.03. The minimum Gasteiger partial charge on any atom is -0.325 e. The summed E-state index contributed by atoms with van der Waals surface area (Å²) in [5.41, 5.74) is 2.92. The van der Waals surface area contributed by atoms with Crippen molar-refractivity contribution in [2.45, 2.75) is 6.92 Å². The number of aryl methyl sites for hydroxylation is 1. The zero-order valence-electron chi connectivity index (χ0n) is 11.3. The van der Waals surface area contributed by atoms with Crippen LogP contribution in [0.5, 0.6) is 0 Å². The molecule has 3 aromatic rings. The molecule has 0 spiro atoms. The second kappa shape index (κ2) is 5.92. The first-order valence-corrected chi connectivity index (χ1v) is 7.64. The lowest BCUT2D eigenvalue weighted by atomic mass is 10.3. The van der Waals surface area contributed by atoms with Gasteiger partial charge in [-0.1, -0.05) is 29.8 Å². The Morgan fingerprint density at radius 2 is 1.90 bits per heavy atom. The van der Waals surface area contributed by atoms with Crippen molar-refractivity contribution in [2.24, 2.45) is 0 Å². The summed E-state index contributed by atoms with van der Waals surface area (Å²) in [7, 11) is 0. The second-order valence-corrected chi connectivity index (χ2v) is 5.95. The van der Waals surface area contributed by atoms with Gasteiger partial charge in [0.25, 0.3) is 0 Å². The molecule has 0 unspecified atom stereocenters. The molecule has 0 fully saturated rings. The van der Waals surface area contributed by atoms with Gasteiger partial charge in [0.2, 0.25) is 5.95 Å². The number of rotatable bonds is 3. The molecule has 21 heavy (non-hydrogen) atoms. The van der Waals surface area contributed by atoms with Gasteiger partial charge in [-0.05, 0) is 53.2 Å². The summed E-state index contributed by atoms with van der Waals surface area (Å²) in [4.78, 5) is 4.54. The Hall–Kier alpha value is -1.78. The first-order chi connectivity index (χ1) is 10.1. The van der Waals surface area contributed by atoms with Crippen LogP contribution in [0, 0.1) is 6.92 Å². The Kier molecular flexibility index (Phi) is 3.99. The summed E-state index contributed by atoms with van der Waals surface area (Å²) >= 11 is 9.56. The van der Waals surface area contributed by atoms with Crippen molar-refractivity contribution in [1.82, 2.24) is 9.55 Å². The van der Waals surface area contributed by atoms with Crippen molar-refractivity contribution in [2.75, 3.05) is 5.32 Å². The third-order valence-electron chi connectivity index (χ3n) is 3.03. The average Bonchev–Trinajstić information content (AvgIpc) is 2.80. The Labute approximate surface area is 136 Å². The minimum atomic E-state index is 0.694. The molecule has 0 aliphatic rings. The molecule has 1 aromatic heterocycles. The van der Waals surface area contributed by atoms with E-state index in [-0.39, 0.29) is 0 Å². The number of imidazole rings is 1. The van der Waals surface area contributed by atoms with E-state index in [2.05, 4.69) is 26.2 Å². The highest BCUT2D eigenvalue weighted by Crippen LogP contribution is 2.28. The Morgan fingerprint density at radius 3 is 2.62 bits per heavy atom. The standard InChI is InChI=1S/C16H13BrClN3/c1-11-10-21(15-8-7-12(18)9-14(15)17)16(19-11)20-13-5-3-2-4-6-13/h2-10H,1H3,(H,19,20). The van der Waals surface area contributed by atoms with Crippen molar-refractivity contribution in [3.8, 4) is 5.69 Å². The van der Waals surface area contributed by atoms with Gasteiger partial charge in [0.15, 0.2) is 0 Å². The first kappa shape index (κ1) is 14.2. The molecule has 3 nitrogen and oxygen atoms in total. The van der Waals surface area contributed by atoms with E-state index >= 15 is 0 Å². The molecule has 5 heteroatoms. The van der Waals surface area contributed by atoms with E-state index < -0.39 is 0 Å². The SMILES string of the molecule is Cc1cn(-c2ccc(Cl)cc2Br)c(Nc2ccccc2)n1. The maximum Gasteiger partial charge on any atom is 0.212 e. The highest BCUT2D eigenvalue weighted by molar-refractivity contribution is 9.10. The highest BCUT2D eigenvalue weighted by Gasteiger charge is 2.11. The number of benzene rings is 2. The van der Waals surface area contributed by atoms with Crippen molar-refractivity contribution in [3.63, 3.8) is 0 Å². The third kappa shape index (κ3) is 3.12. The minimum absolute atomic E-state index is 0.694. The lowest BCUT2D eigenvalue weighted by Crippen LogP contribution is -2.01. The zero-order chi connectivity index (χ0) is 14.8. The van der Waals surface area contributed by atoms with E-state index in [0.717, 1.165) is 27.5 Å². The molecule has 0 aliphatic carbocycles. The van der Waals surface area contributed by atoms with Gasteiger partial charge in [0.05, 0.1) is 11.4 Å². The maximum atomic E-state index is 6.01. The third-order valence-corrected chi connectivity index (χ3v) is 3.90. The van der Waals surface area contributed by atoms with Crippen LogP contribution >= 0.6 is 27.5 Å². The quantitative estimate of drug-likeness (QED) is 0.681. The predicted molar refractivity (Wildman–Crippen MR) is 90.7 cm³/mol. The van der Waals surface area contributed by atoms with Crippen LogP contribution in [0.2, 0.25) is 5.02 Å².